The Balaban J connectivity index is 1.99. The first-order chi connectivity index (χ1) is 7.66. The predicted molar refractivity (Wildman–Crippen MR) is 63.1 cm³/mol. The second-order valence-corrected chi connectivity index (χ2v) is 4.37. The SMILES string of the molecule is CC(O)C1CCN(c2cc(N)ncn2)CC1. The van der Waals surface area contributed by atoms with E-state index in [0.717, 1.165) is 31.7 Å². The van der Waals surface area contributed by atoms with Crippen molar-refractivity contribution < 1.29 is 5.11 Å². The van der Waals surface area contributed by atoms with Crippen LogP contribution in [0.4, 0.5) is 11.6 Å². The molecule has 1 fully saturated rings. The smallest absolute Gasteiger partial charge is 0.134 e. The molecule has 0 bridgehead atoms. The second-order valence-electron chi connectivity index (χ2n) is 4.37. The van der Waals surface area contributed by atoms with Crippen LogP contribution in [0.5, 0.6) is 0 Å². The fourth-order valence-corrected chi connectivity index (χ4v) is 2.15. The molecule has 5 heteroatoms. The highest BCUT2D eigenvalue weighted by atomic mass is 16.3. The number of hydrogen-bond donors (Lipinski definition) is 2. The molecule has 1 aliphatic rings. The zero-order chi connectivity index (χ0) is 11.5. The van der Waals surface area contributed by atoms with E-state index in [4.69, 9.17) is 5.73 Å². The predicted octanol–water partition coefficient (Wildman–Crippen LogP) is 0.656. The van der Waals surface area contributed by atoms with Crippen LogP contribution in [0.3, 0.4) is 0 Å². The van der Waals surface area contributed by atoms with Crippen LogP contribution < -0.4 is 10.6 Å². The van der Waals surface area contributed by atoms with Gasteiger partial charge < -0.3 is 15.7 Å². The number of nitrogen functional groups attached to an aromatic ring is 1. The summed E-state index contributed by atoms with van der Waals surface area (Å²) in [6, 6.07) is 1.79. The van der Waals surface area contributed by atoms with E-state index in [-0.39, 0.29) is 6.10 Å². The minimum absolute atomic E-state index is 0.211. The van der Waals surface area contributed by atoms with Gasteiger partial charge in [0.2, 0.25) is 0 Å². The maximum atomic E-state index is 9.51. The molecule has 2 heterocycles. The summed E-state index contributed by atoms with van der Waals surface area (Å²) in [5, 5.41) is 9.51. The third-order valence-corrected chi connectivity index (χ3v) is 3.22. The molecule has 0 amide bonds. The van der Waals surface area contributed by atoms with Gasteiger partial charge in [-0.1, -0.05) is 0 Å². The fourth-order valence-electron chi connectivity index (χ4n) is 2.15. The number of nitrogens with two attached hydrogens (primary N) is 1. The van der Waals surface area contributed by atoms with Gasteiger partial charge in [-0.15, -0.1) is 0 Å². The van der Waals surface area contributed by atoms with Crippen molar-refractivity contribution in [3.8, 4) is 0 Å². The first-order valence-electron chi connectivity index (χ1n) is 5.67. The van der Waals surface area contributed by atoms with Gasteiger partial charge in [0.1, 0.15) is 18.0 Å². The zero-order valence-corrected chi connectivity index (χ0v) is 9.50. The molecule has 1 saturated heterocycles. The van der Waals surface area contributed by atoms with Crippen molar-refractivity contribution in [3.05, 3.63) is 12.4 Å². The molecule has 0 radical (unpaired) electrons. The summed E-state index contributed by atoms with van der Waals surface area (Å²) in [6.07, 6.45) is 3.28. The molecule has 2 rings (SSSR count). The molecule has 1 aliphatic heterocycles. The molecule has 16 heavy (non-hydrogen) atoms. The largest absolute Gasteiger partial charge is 0.393 e. The van der Waals surface area contributed by atoms with Gasteiger partial charge in [-0.2, -0.15) is 0 Å². The molecule has 0 saturated carbocycles. The van der Waals surface area contributed by atoms with Crippen LogP contribution in [0.2, 0.25) is 0 Å². The first kappa shape index (κ1) is 11.1. The number of aliphatic hydroxyl groups excluding tert-OH is 1. The zero-order valence-electron chi connectivity index (χ0n) is 9.50. The highest BCUT2D eigenvalue weighted by Crippen LogP contribution is 2.24. The van der Waals surface area contributed by atoms with Crippen molar-refractivity contribution in [2.45, 2.75) is 25.9 Å². The Kier molecular flexibility index (Phi) is 3.24. The average molecular weight is 222 g/mol. The summed E-state index contributed by atoms with van der Waals surface area (Å²) in [7, 11) is 0. The summed E-state index contributed by atoms with van der Waals surface area (Å²) >= 11 is 0. The van der Waals surface area contributed by atoms with Crippen LogP contribution in [0.25, 0.3) is 0 Å². The summed E-state index contributed by atoms with van der Waals surface area (Å²) in [5.74, 6) is 1.80. The van der Waals surface area contributed by atoms with Crippen molar-refractivity contribution in [3.63, 3.8) is 0 Å². The number of aromatic nitrogens is 2. The molecule has 1 unspecified atom stereocenters. The third-order valence-electron chi connectivity index (χ3n) is 3.22. The lowest BCUT2D eigenvalue weighted by Crippen LogP contribution is -2.37. The summed E-state index contributed by atoms with van der Waals surface area (Å²) in [4.78, 5) is 10.3. The van der Waals surface area contributed by atoms with Crippen LogP contribution in [-0.2, 0) is 0 Å². The van der Waals surface area contributed by atoms with Crippen molar-refractivity contribution >= 4 is 11.6 Å². The molecule has 1 atom stereocenters. The van der Waals surface area contributed by atoms with Gasteiger partial charge in [0, 0.05) is 19.2 Å². The van der Waals surface area contributed by atoms with Gasteiger partial charge in [0.05, 0.1) is 6.10 Å². The lowest BCUT2D eigenvalue weighted by molar-refractivity contribution is 0.110. The van der Waals surface area contributed by atoms with Crippen molar-refractivity contribution in [2.75, 3.05) is 23.7 Å². The Labute approximate surface area is 95.3 Å². The van der Waals surface area contributed by atoms with Crippen LogP contribution in [0.1, 0.15) is 19.8 Å². The van der Waals surface area contributed by atoms with E-state index in [2.05, 4.69) is 14.9 Å². The van der Waals surface area contributed by atoms with Crippen molar-refractivity contribution in [1.82, 2.24) is 9.97 Å². The molecule has 88 valence electrons. The van der Waals surface area contributed by atoms with Gasteiger partial charge in [0.15, 0.2) is 0 Å². The van der Waals surface area contributed by atoms with Gasteiger partial charge in [0.25, 0.3) is 0 Å². The number of rotatable bonds is 2. The lowest BCUT2D eigenvalue weighted by Gasteiger charge is -2.33. The minimum atomic E-state index is -0.211. The second kappa shape index (κ2) is 4.65. The summed E-state index contributed by atoms with van der Waals surface area (Å²) < 4.78 is 0. The molecule has 0 spiro atoms. The van der Waals surface area contributed by atoms with E-state index in [1.54, 1.807) is 6.07 Å². The third kappa shape index (κ3) is 2.41. The molecule has 3 N–H and O–H groups in total. The molecule has 1 aromatic heterocycles. The van der Waals surface area contributed by atoms with Gasteiger partial charge in [-0.25, -0.2) is 9.97 Å². The molecular weight excluding hydrogens is 204 g/mol. The van der Waals surface area contributed by atoms with E-state index < -0.39 is 0 Å². The Morgan fingerprint density at radius 1 is 1.44 bits per heavy atom. The number of nitrogens with zero attached hydrogens (tertiary/aromatic N) is 3. The Morgan fingerprint density at radius 3 is 2.69 bits per heavy atom. The molecule has 5 nitrogen and oxygen atoms in total. The van der Waals surface area contributed by atoms with Crippen LogP contribution in [0.15, 0.2) is 12.4 Å². The van der Waals surface area contributed by atoms with Gasteiger partial charge in [-0.05, 0) is 25.7 Å². The topological polar surface area (TPSA) is 75.3 Å². The highest BCUT2D eigenvalue weighted by molar-refractivity contribution is 5.46. The highest BCUT2D eigenvalue weighted by Gasteiger charge is 2.23. The molecular formula is C11H18N4O. The Bertz CT molecular complexity index is 348. The van der Waals surface area contributed by atoms with Crippen molar-refractivity contribution in [2.24, 2.45) is 5.92 Å². The molecule has 1 aromatic rings. The van der Waals surface area contributed by atoms with Crippen LogP contribution in [-0.4, -0.2) is 34.3 Å². The minimum Gasteiger partial charge on any atom is -0.393 e. The van der Waals surface area contributed by atoms with E-state index in [9.17, 15) is 5.11 Å². The fraction of sp³-hybridized carbons (Fsp3) is 0.636. The number of anilines is 2. The maximum absolute atomic E-state index is 9.51. The number of hydrogen-bond acceptors (Lipinski definition) is 5. The Morgan fingerprint density at radius 2 is 2.12 bits per heavy atom. The summed E-state index contributed by atoms with van der Waals surface area (Å²) in [5.41, 5.74) is 5.62. The van der Waals surface area contributed by atoms with E-state index >= 15 is 0 Å². The Hall–Kier alpha value is -1.36. The number of piperidine rings is 1. The van der Waals surface area contributed by atoms with E-state index in [1.807, 2.05) is 6.92 Å². The molecule has 0 aliphatic carbocycles. The van der Waals surface area contributed by atoms with E-state index in [0.29, 0.717) is 11.7 Å². The summed E-state index contributed by atoms with van der Waals surface area (Å²) in [6.45, 7) is 3.71. The molecule has 0 aromatic carbocycles. The van der Waals surface area contributed by atoms with Gasteiger partial charge in [-0.3, -0.25) is 0 Å². The van der Waals surface area contributed by atoms with E-state index in [1.165, 1.54) is 6.33 Å². The maximum Gasteiger partial charge on any atom is 0.134 e. The average Bonchev–Trinajstić information content (AvgIpc) is 2.29. The van der Waals surface area contributed by atoms with Crippen LogP contribution in [0, 0.1) is 5.92 Å². The first-order valence-corrected chi connectivity index (χ1v) is 5.67. The van der Waals surface area contributed by atoms with Crippen LogP contribution >= 0.6 is 0 Å². The number of aliphatic hydroxyl groups is 1. The standard InChI is InChI=1S/C11H18N4O/c1-8(16)9-2-4-15(5-3-9)11-6-10(12)13-7-14-11/h6-9,16H,2-5H2,1H3,(H2,12,13,14). The normalized spacial score (nSPS) is 19.8. The monoisotopic (exact) mass is 222 g/mol. The quantitative estimate of drug-likeness (QED) is 0.768. The van der Waals surface area contributed by atoms with Gasteiger partial charge >= 0.3 is 0 Å². The van der Waals surface area contributed by atoms with Crippen molar-refractivity contribution in [1.29, 1.82) is 0 Å². The lowest BCUT2D eigenvalue weighted by atomic mass is 9.92.